The van der Waals surface area contributed by atoms with E-state index in [-0.39, 0.29) is 0 Å². The Bertz CT molecular complexity index is 445. The summed E-state index contributed by atoms with van der Waals surface area (Å²) in [4.78, 5) is 8.35. The fourth-order valence-electron chi connectivity index (χ4n) is 1.29. The number of nitrogens with two attached hydrogens (primary N) is 1. The molecular formula is C9H13N5. The predicted octanol–water partition coefficient (Wildman–Crippen LogP) is 0.905. The Morgan fingerprint density at radius 3 is 3.00 bits per heavy atom. The summed E-state index contributed by atoms with van der Waals surface area (Å²) in [6, 6.07) is 0. The Balaban J connectivity index is 2.41. The minimum absolute atomic E-state index is 0.546. The lowest BCUT2D eigenvalue weighted by molar-refractivity contribution is 0.620. The van der Waals surface area contributed by atoms with E-state index in [0.29, 0.717) is 17.4 Å². The number of anilines is 1. The Morgan fingerprint density at radius 1 is 1.50 bits per heavy atom. The molecule has 0 aliphatic carbocycles. The molecule has 14 heavy (non-hydrogen) atoms. The Morgan fingerprint density at radius 2 is 2.29 bits per heavy atom. The van der Waals surface area contributed by atoms with Gasteiger partial charge in [-0.15, -0.1) is 5.10 Å². The van der Waals surface area contributed by atoms with Crippen LogP contribution in [0.15, 0.2) is 12.4 Å². The van der Waals surface area contributed by atoms with Gasteiger partial charge in [0.25, 0.3) is 5.78 Å². The molecule has 2 aromatic heterocycles. The molecule has 0 radical (unpaired) electrons. The van der Waals surface area contributed by atoms with Gasteiger partial charge in [0, 0.05) is 6.42 Å². The second kappa shape index (κ2) is 3.25. The molecule has 0 unspecified atom stereocenters. The zero-order chi connectivity index (χ0) is 10.1. The van der Waals surface area contributed by atoms with Gasteiger partial charge in [-0.25, -0.2) is 9.50 Å². The number of aromatic nitrogens is 4. The van der Waals surface area contributed by atoms with E-state index in [2.05, 4.69) is 28.9 Å². The molecule has 0 saturated carbocycles. The van der Waals surface area contributed by atoms with Crippen LogP contribution < -0.4 is 5.73 Å². The molecule has 2 heterocycles. The zero-order valence-corrected chi connectivity index (χ0v) is 8.31. The fourth-order valence-corrected chi connectivity index (χ4v) is 1.29. The van der Waals surface area contributed by atoms with E-state index in [0.717, 1.165) is 12.2 Å². The minimum atomic E-state index is 0.546. The Labute approximate surface area is 82.0 Å². The van der Waals surface area contributed by atoms with E-state index in [4.69, 9.17) is 5.73 Å². The predicted molar refractivity (Wildman–Crippen MR) is 53.7 cm³/mol. The molecule has 0 saturated heterocycles. The van der Waals surface area contributed by atoms with Crippen LogP contribution in [-0.4, -0.2) is 19.6 Å². The number of nitrogen functional groups attached to an aromatic ring is 1. The van der Waals surface area contributed by atoms with Crippen molar-refractivity contribution in [2.75, 3.05) is 5.73 Å². The van der Waals surface area contributed by atoms with E-state index in [9.17, 15) is 0 Å². The van der Waals surface area contributed by atoms with Gasteiger partial charge in [0.2, 0.25) is 0 Å². The normalized spacial score (nSPS) is 11.4. The van der Waals surface area contributed by atoms with Gasteiger partial charge in [-0.05, 0) is 5.92 Å². The average molecular weight is 191 g/mol. The minimum Gasteiger partial charge on any atom is -0.396 e. The highest BCUT2D eigenvalue weighted by atomic mass is 15.3. The van der Waals surface area contributed by atoms with Gasteiger partial charge in [0.05, 0.1) is 18.1 Å². The van der Waals surface area contributed by atoms with Gasteiger partial charge in [-0.3, -0.25) is 0 Å². The van der Waals surface area contributed by atoms with Crippen LogP contribution in [-0.2, 0) is 6.42 Å². The topological polar surface area (TPSA) is 69.1 Å². The molecule has 0 aliphatic rings. The quantitative estimate of drug-likeness (QED) is 0.765. The lowest BCUT2D eigenvalue weighted by Gasteiger charge is -1.96. The van der Waals surface area contributed by atoms with Crippen LogP contribution in [0.25, 0.3) is 5.78 Å². The van der Waals surface area contributed by atoms with E-state index < -0.39 is 0 Å². The number of rotatable bonds is 2. The van der Waals surface area contributed by atoms with Crippen molar-refractivity contribution in [2.24, 2.45) is 5.92 Å². The van der Waals surface area contributed by atoms with Gasteiger partial charge in [0.15, 0.2) is 5.82 Å². The fraction of sp³-hybridized carbons (Fsp3) is 0.444. The molecule has 2 aromatic rings. The lowest BCUT2D eigenvalue weighted by atomic mass is 10.1. The molecule has 5 heteroatoms. The van der Waals surface area contributed by atoms with Crippen molar-refractivity contribution in [3.63, 3.8) is 0 Å². The summed E-state index contributed by atoms with van der Waals surface area (Å²) >= 11 is 0. The molecule has 5 nitrogen and oxygen atoms in total. The summed E-state index contributed by atoms with van der Waals surface area (Å²) in [5.74, 6) is 1.97. The van der Waals surface area contributed by atoms with Crippen LogP contribution in [0.4, 0.5) is 5.69 Å². The highest BCUT2D eigenvalue weighted by Crippen LogP contribution is 2.06. The summed E-state index contributed by atoms with van der Waals surface area (Å²) in [5.41, 5.74) is 6.18. The first kappa shape index (κ1) is 8.93. The molecule has 0 amide bonds. The van der Waals surface area contributed by atoms with Crippen molar-refractivity contribution in [3.8, 4) is 0 Å². The summed E-state index contributed by atoms with van der Waals surface area (Å²) in [5, 5.41) is 4.28. The second-order valence-corrected chi connectivity index (χ2v) is 3.76. The monoisotopic (exact) mass is 191 g/mol. The van der Waals surface area contributed by atoms with Crippen LogP contribution in [0, 0.1) is 5.92 Å². The van der Waals surface area contributed by atoms with Gasteiger partial charge < -0.3 is 5.73 Å². The summed E-state index contributed by atoms with van der Waals surface area (Å²) in [6.45, 7) is 4.26. The zero-order valence-electron chi connectivity index (χ0n) is 8.31. The largest absolute Gasteiger partial charge is 0.396 e. The first-order chi connectivity index (χ1) is 6.65. The van der Waals surface area contributed by atoms with Gasteiger partial charge in [0.1, 0.15) is 0 Å². The number of hydrogen-bond donors (Lipinski definition) is 1. The highest BCUT2D eigenvalue weighted by Gasteiger charge is 2.06. The molecule has 74 valence electrons. The molecule has 0 aliphatic heterocycles. The maximum absolute atomic E-state index is 5.58. The summed E-state index contributed by atoms with van der Waals surface area (Å²) in [7, 11) is 0. The Hall–Kier alpha value is -1.65. The third kappa shape index (κ3) is 1.66. The number of fused-ring (bicyclic) bond motifs is 1. The summed E-state index contributed by atoms with van der Waals surface area (Å²) in [6.07, 6.45) is 4.17. The molecule has 0 bridgehead atoms. The van der Waals surface area contributed by atoms with Crippen molar-refractivity contribution in [1.82, 2.24) is 19.6 Å². The number of hydrogen-bond acceptors (Lipinski definition) is 4. The lowest BCUT2D eigenvalue weighted by Crippen LogP contribution is -1.97. The smallest absolute Gasteiger partial charge is 0.252 e. The third-order valence-electron chi connectivity index (χ3n) is 1.85. The van der Waals surface area contributed by atoms with Crippen LogP contribution in [0.2, 0.25) is 0 Å². The van der Waals surface area contributed by atoms with Crippen LogP contribution in [0.1, 0.15) is 19.7 Å². The van der Waals surface area contributed by atoms with E-state index in [1.807, 2.05) is 0 Å². The van der Waals surface area contributed by atoms with Gasteiger partial charge >= 0.3 is 0 Å². The molecule has 0 fully saturated rings. The molecule has 0 aromatic carbocycles. The molecule has 0 spiro atoms. The first-order valence-electron chi connectivity index (χ1n) is 4.62. The molecular weight excluding hydrogens is 178 g/mol. The maximum atomic E-state index is 5.58. The van der Waals surface area contributed by atoms with Crippen molar-refractivity contribution in [2.45, 2.75) is 20.3 Å². The number of nitrogens with zero attached hydrogens (tertiary/aromatic N) is 4. The molecule has 0 atom stereocenters. The maximum Gasteiger partial charge on any atom is 0.252 e. The van der Waals surface area contributed by atoms with Gasteiger partial charge in [-0.2, -0.15) is 4.98 Å². The van der Waals surface area contributed by atoms with Crippen molar-refractivity contribution < 1.29 is 0 Å². The Kier molecular flexibility index (Phi) is 2.07. The second-order valence-electron chi connectivity index (χ2n) is 3.76. The average Bonchev–Trinajstić information content (AvgIpc) is 2.44. The van der Waals surface area contributed by atoms with E-state index in [1.165, 1.54) is 0 Å². The van der Waals surface area contributed by atoms with Gasteiger partial charge in [-0.1, -0.05) is 13.8 Å². The van der Waals surface area contributed by atoms with Crippen LogP contribution in [0.3, 0.4) is 0 Å². The van der Waals surface area contributed by atoms with Crippen LogP contribution in [0.5, 0.6) is 0 Å². The standard InChI is InChI=1S/C9H13N5/c1-6(2)3-8-12-9-11-4-7(10)5-14(9)13-8/h4-6H,3,10H2,1-2H3. The molecule has 2 rings (SSSR count). The van der Waals surface area contributed by atoms with E-state index >= 15 is 0 Å². The third-order valence-corrected chi connectivity index (χ3v) is 1.85. The highest BCUT2D eigenvalue weighted by molar-refractivity contribution is 5.37. The molecule has 2 N–H and O–H groups in total. The van der Waals surface area contributed by atoms with Crippen molar-refractivity contribution >= 4 is 11.5 Å². The van der Waals surface area contributed by atoms with Crippen LogP contribution >= 0.6 is 0 Å². The summed E-state index contributed by atoms with van der Waals surface area (Å²) < 4.78 is 1.62. The van der Waals surface area contributed by atoms with E-state index in [1.54, 1.807) is 16.9 Å². The first-order valence-corrected chi connectivity index (χ1v) is 4.62. The van der Waals surface area contributed by atoms with Crippen molar-refractivity contribution in [3.05, 3.63) is 18.2 Å². The SMILES string of the molecule is CC(C)Cc1nc2ncc(N)cn2n1. The van der Waals surface area contributed by atoms with Crippen molar-refractivity contribution in [1.29, 1.82) is 0 Å².